The maximum absolute atomic E-state index is 6.30. The van der Waals surface area contributed by atoms with Gasteiger partial charge in [-0.25, -0.2) is 0 Å². The molecule has 0 aromatic heterocycles. The summed E-state index contributed by atoms with van der Waals surface area (Å²) in [6.07, 6.45) is 2.99. The fourth-order valence-electron chi connectivity index (χ4n) is 3.06. The van der Waals surface area contributed by atoms with E-state index in [-0.39, 0.29) is 4.75 Å². The molecule has 0 saturated carbocycles. The first-order valence-corrected chi connectivity index (χ1v) is 10.5. The van der Waals surface area contributed by atoms with Gasteiger partial charge in [-0.15, -0.1) is 0 Å². The van der Waals surface area contributed by atoms with E-state index in [1.807, 2.05) is 30.0 Å². The number of nitrogens with zero attached hydrogens (tertiary/aromatic N) is 1. The molecule has 0 amide bonds. The van der Waals surface area contributed by atoms with Crippen LogP contribution in [0.3, 0.4) is 0 Å². The zero-order valence-corrected chi connectivity index (χ0v) is 17.5. The van der Waals surface area contributed by atoms with E-state index in [0.717, 1.165) is 73.6 Å². The van der Waals surface area contributed by atoms with E-state index >= 15 is 0 Å². The predicted octanol–water partition coefficient (Wildman–Crippen LogP) is 3.36. The molecule has 0 radical (unpaired) electrons. The Hall–Kier alpha value is -1.11. The number of benzene rings is 1. The lowest BCUT2D eigenvalue weighted by atomic mass is 9.99. The topological polar surface area (TPSA) is 54.9 Å². The minimum atomic E-state index is 0.240. The lowest BCUT2D eigenvalue weighted by molar-refractivity contribution is 0.0782. The standard InChI is InChI=1S/C19H30ClN3O2S/c1-4-26-19(8-11-25-12-9-19)14-23-18(21-2)22-10-7-15-5-6-16(24-3)13-17(15)20/h5-6,13H,4,7-12,14H2,1-3H3,(H2,21,22,23). The average Bonchev–Trinajstić information content (AvgIpc) is 2.66. The third-order valence-electron chi connectivity index (χ3n) is 4.60. The molecule has 0 atom stereocenters. The summed E-state index contributed by atoms with van der Waals surface area (Å²) >= 11 is 8.33. The number of aliphatic imine (C=N–C) groups is 1. The highest BCUT2D eigenvalue weighted by Crippen LogP contribution is 2.34. The van der Waals surface area contributed by atoms with Crippen LogP contribution in [0.2, 0.25) is 5.02 Å². The summed E-state index contributed by atoms with van der Waals surface area (Å²) in [6.45, 7) is 5.57. The van der Waals surface area contributed by atoms with Crippen LogP contribution in [-0.2, 0) is 11.2 Å². The van der Waals surface area contributed by atoms with Crippen molar-refractivity contribution < 1.29 is 9.47 Å². The molecular weight excluding hydrogens is 370 g/mol. The molecule has 0 unspecified atom stereocenters. The minimum Gasteiger partial charge on any atom is -0.497 e. The Balaban J connectivity index is 1.82. The lowest BCUT2D eigenvalue weighted by Crippen LogP contribution is -2.48. The molecule has 2 rings (SSSR count). The fourth-order valence-corrected chi connectivity index (χ4v) is 4.57. The summed E-state index contributed by atoms with van der Waals surface area (Å²) in [6, 6.07) is 5.79. The molecule has 0 bridgehead atoms. The van der Waals surface area contributed by atoms with Crippen molar-refractivity contribution in [1.82, 2.24) is 10.6 Å². The van der Waals surface area contributed by atoms with Crippen LogP contribution in [-0.4, -0.2) is 56.9 Å². The van der Waals surface area contributed by atoms with Gasteiger partial charge in [0.15, 0.2) is 5.96 Å². The molecule has 1 aromatic rings. The van der Waals surface area contributed by atoms with E-state index in [1.165, 1.54) is 0 Å². The zero-order valence-electron chi connectivity index (χ0n) is 15.9. The Morgan fingerprint density at radius 3 is 2.73 bits per heavy atom. The first-order valence-electron chi connectivity index (χ1n) is 9.11. The number of rotatable bonds is 8. The molecule has 5 nitrogen and oxygen atoms in total. The lowest BCUT2D eigenvalue weighted by Gasteiger charge is -2.37. The SMILES string of the molecule is CCSC1(CNC(=NC)NCCc2ccc(OC)cc2Cl)CCOCC1. The smallest absolute Gasteiger partial charge is 0.191 e. The van der Waals surface area contributed by atoms with Crippen LogP contribution in [0.5, 0.6) is 5.75 Å². The Kier molecular flexibility index (Phi) is 8.88. The molecule has 0 aliphatic carbocycles. The van der Waals surface area contributed by atoms with Crippen molar-refractivity contribution in [2.75, 3.05) is 46.2 Å². The van der Waals surface area contributed by atoms with Crippen LogP contribution in [0.25, 0.3) is 0 Å². The maximum atomic E-state index is 6.30. The van der Waals surface area contributed by atoms with Gasteiger partial charge < -0.3 is 20.1 Å². The Labute approximate surface area is 166 Å². The Bertz CT molecular complexity index is 587. The molecule has 1 aliphatic rings. The molecule has 26 heavy (non-hydrogen) atoms. The van der Waals surface area contributed by atoms with E-state index in [1.54, 1.807) is 14.2 Å². The van der Waals surface area contributed by atoms with E-state index in [9.17, 15) is 0 Å². The third kappa shape index (κ3) is 6.25. The summed E-state index contributed by atoms with van der Waals surface area (Å²) in [5.41, 5.74) is 1.10. The second-order valence-electron chi connectivity index (χ2n) is 6.29. The highest BCUT2D eigenvalue weighted by molar-refractivity contribution is 8.00. The van der Waals surface area contributed by atoms with E-state index < -0.39 is 0 Å². The van der Waals surface area contributed by atoms with Gasteiger partial charge >= 0.3 is 0 Å². The largest absolute Gasteiger partial charge is 0.497 e. The van der Waals surface area contributed by atoms with Crippen LogP contribution in [0.15, 0.2) is 23.2 Å². The molecule has 1 saturated heterocycles. The normalized spacial score (nSPS) is 17.0. The molecular formula is C19H30ClN3O2S. The van der Waals surface area contributed by atoms with Crippen molar-refractivity contribution in [3.63, 3.8) is 0 Å². The number of thioether (sulfide) groups is 1. The average molecular weight is 400 g/mol. The molecule has 2 N–H and O–H groups in total. The minimum absolute atomic E-state index is 0.240. The quantitative estimate of drug-likeness (QED) is 0.518. The molecule has 1 heterocycles. The van der Waals surface area contributed by atoms with Crippen molar-refractivity contribution in [1.29, 1.82) is 0 Å². The van der Waals surface area contributed by atoms with Crippen LogP contribution >= 0.6 is 23.4 Å². The zero-order chi connectivity index (χ0) is 18.8. The van der Waals surface area contributed by atoms with Crippen LogP contribution in [0.1, 0.15) is 25.3 Å². The van der Waals surface area contributed by atoms with Gasteiger partial charge in [0, 0.05) is 43.1 Å². The van der Waals surface area contributed by atoms with Gasteiger partial charge in [0.25, 0.3) is 0 Å². The van der Waals surface area contributed by atoms with Gasteiger partial charge in [-0.3, -0.25) is 4.99 Å². The number of nitrogens with one attached hydrogen (secondary N) is 2. The molecule has 1 aliphatic heterocycles. The van der Waals surface area contributed by atoms with E-state index in [4.69, 9.17) is 21.1 Å². The first kappa shape index (κ1) is 21.2. The highest BCUT2D eigenvalue weighted by Gasteiger charge is 2.32. The van der Waals surface area contributed by atoms with E-state index in [0.29, 0.717) is 0 Å². The van der Waals surface area contributed by atoms with Crippen molar-refractivity contribution in [3.8, 4) is 5.75 Å². The summed E-state index contributed by atoms with van der Waals surface area (Å²) in [5.74, 6) is 2.72. The van der Waals surface area contributed by atoms with Gasteiger partial charge in [0.05, 0.1) is 7.11 Å². The summed E-state index contributed by atoms with van der Waals surface area (Å²) in [5, 5.41) is 7.61. The second-order valence-corrected chi connectivity index (χ2v) is 8.43. The van der Waals surface area contributed by atoms with Crippen LogP contribution in [0, 0.1) is 0 Å². The van der Waals surface area contributed by atoms with Gasteiger partial charge in [-0.1, -0.05) is 24.6 Å². The number of guanidine groups is 1. The molecule has 146 valence electrons. The number of halogens is 1. The Morgan fingerprint density at radius 2 is 2.12 bits per heavy atom. The van der Waals surface area contributed by atoms with Gasteiger partial charge in [0.1, 0.15) is 5.75 Å². The summed E-state index contributed by atoms with van der Waals surface area (Å²) in [7, 11) is 3.45. The number of hydrogen-bond donors (Lipinski definition) is 2. The van der Waals surface area contributed by atoms with Crippen molar-refractivity contribution in [2.24, 2.45) is 4.99 Å². The summed E-state index contributed by atoms with van der Waals surface area (Å²) < 4.78 is 11.0. The monoisotopic (exact) mass is 399 g/mol. The molecule has 1 aromatic carbocycles. The first-order chi connectivity index (χ1) is 12.6. The van der Waals surface area contributed by atoms with Crippen molar-refractivity contribution in [3.05, 3.63) is 28.8 Å². The third-order valence-corrected chi connectivity index (χ3v) is 6.41. The van der Waals surface area contributed by atoms with Gasteiger partial charge in [-0.2, -0.15) is 11.8 Å². The Morgan fingerprint density at radius 1 is 1.35 bits per heavy atom. The highest BCUT2D eigenvalue weighted by atomic mass is 35.5. The second kappa shape index (κ2) is 10.9. The van der Waals surface area contributed by atoms with Crippen molar-refractivity contribution in [2.45, 2.75) is 30.9 Å². The van der Waals surface area contributed by atoms with Crippen LogP contribution in [0.4, 0.5) is 0 Å². The fraction of sp³-hybridized carbons (Fsp3) is 0.632. The molecule has 0 spiro atoms. The van der Waals surface area contributed by atoms with Crippen molar-refractivity contribution >= 4 is 29.3 Å². The van der Waals surface area contributed by atoms with E-state index in [2.05, 4.69) is 22.5 Å². The van der Waals surface area contributed by atoms with Gasteiger partial charge in [0.2, 0.25) is 0 Å². The molecule has 7 heteroatoms. The number of ether oxygens (including phenoxy) is 2. The van der Waals surface area contributed by atoms with Crippen LogP contribution < -0.4 is 15.4 Å². The summed E-state index contributed by atoms with van der Waals surface area (Å²) in [4.78, 5) is 4.35. The van der Waals surface area contributed by atoms with Gasteiger partial charge in [-0.05, 0) is 42.7 Å². The number of hydrogen-bond acceptors (Lipinski definition) is 4. The predicted molar refractivity (Wildman–Crippen MR) is 112 cm³/mol. The number of methoxy groups -OCH3 is 1. The maximum Gasteiger partial charge on any atom is 0.191 e. The molecule has 1 fully saturated rings.